The molecule has 0 bridgehead atoms. The molecule has 7 heteroatoms. The quantitative estimate of drug-likeness (QED) is 0.713. The summed E-state index contributed by atoms with van der Waals surface area (Å²) in [4.78, 5) is 12.5. The summed E-state index contributed by atoms with van der Waals surface area (Å²) in [5, 5.41) is 2.84. The molecule has 0 heterocycles. The van der Waals surface area contributed by atoms with E-state index in [9.17, 15) is 13.2 Å². The topological polar surface area (TPSA) is 101 Å². The van der Waals surface area contributed by atoms with Crippen LogP contribution in [0, 0.1) is 12.3 Å². The lowest BCUT2D eigenvalue weighted by atomic mass is 9.81. The van der Waals surface area contributed by atoms with Gasteiger partial charge >= 0.3 is 0 Å². The number of hydrogen-bond donors (Lipinski definition) is 3. The number of benzene rings is 1. The van der Waals surface area contributed by atoms with Crippen LogP contribution < -0.4 is 15.8 Å². The van der Waals surface area contributed by atoms with E-state index in [2.05, 4.69) is 10.0 Å². The first-order chi connectivity index (χ1) is 10.2. The molecular weight excluding hydrogens is 302 g/mol. The first-order valence-electron chi connectivity index (χ1n) is 7.27. The van der Waals surface area contributed by atoms with Crippen LogP contribution in [-0.4, -0.2) is 27.1 Å². The fraction of sp³-hybridized carbons (Fsp3) is 0.533. The Morgan fingerprint density at radius 1 is 1.27 bits per heavy atom. The second-order valence-electron chi connectivity index (χ2n) is 5.55. The zero-order valence-corrected chi connectivity index (χ0v) is 14.4. The van der Waals surface area contributed by atoms with Crippen LogP contribution in [0.3, 0.4) is 0 Å². The number of sulfonamides is 1. The highest BCUT2D eigenvalue weighted by molar-refractivity contribution is 7.92. The number of hydrogen-bond acceptors (Lipinski definition) is 4. The van der Waals surface area contributed by atoms with Crippen molar-refractivity contribution in [2.24, 2.45) is 11.1 Å². The molecule has 6 nitrogen and oxygen atoms in total. The van der Waals surface area contributed by atoms with Gasteiger partial charge < -0.3 is 11.1 Å². The van der Waals surface area contributed by atoms with E-state index in [-0.39, 0.29) is 12.5 Å². The first-order valence-corrected chi connectivity index (χ1v) is 9.16. The highest BCUT2D eigenvalue weighted by atomic mass is 32.2. The van der Waals surface area contributed by atoms with Crippen molar-refractivity contribution in [1.82, 2.24) is 0 Å². The van der Waals surface area contributed by atoms with E-state index < -0.39 is 15.4 Å². The molecular formula is C15H25N3O3S. The highest BCUT2D eigenvalue weighted by Gasteiger charge is 2.33. The normalized spacial score (nSPS) is 12.0. The predicted molar refractivity (Wildman–Crippen MR) is 90.3 cm³/mol. The number of nitrogens with one attached hydrogen (secondary N) is 2. The molecule has 0 saturated heterocycles. The molecule has 0 radical (unpaired) electrons. The van der Waals surface area contributed by atoms with E-state index in [1.807, 2.05) is 13.8 Å². The van der Waals surface area contributed by atoms with E-state index >= 15 is 0 Å². The molecule has 0 spiro atoms. The standard InChI is InChI=1S/C15H25N3O3S/c1-5-15(6-2,10-16)14(19)17-12-8-7-11(3)13(9-12)18-22(4,20)21/h7-9,18H,5-6,10,16H2,1-4H3,(H,17,19). The third-order valence-corrected chi connectivity index (χ3v) is 4.61. The molecule has 0 atom stereocenters. The lowest BCUT2D eigenvalue weighted by molar-refractivity contribution is -0.125. The Bertz CT molecular complexity index is 629. The van der Waals surface area contributed by atoms with Crippen molar-refractivity contribution in [2.45, 2.75) is 33.6 Å². The van der Waals surface area contributed by atoms with Gasteiger partial charge in [0.25, 0.3) is 0 Å². The molecule has 0 aromatic heterocycles. The Morgan fingerprint density at radius 2 is 1.86 bits per heavy atom. The second kappa shape index (κ2) is 7.11. The van der Waals surface area contributed by atoms with Crippen LogP contribution in [-0.2, 0) is 14.8 Å². The monoisotopic (exact) mass is 327 g/mol. The fourth-order valence-electron chi connectivity index (χ4n) is 2.23. The molecule has 0 fully saturated rings. The zero-order chi connectivity index (χ0) is 17.0. The van der Waals surface area contributed by atoms with E-state index in [1.165, 1.54) is 0 Å². The lowest BCUT2D eigenvalue weighted by Gasteiger charge is -2.28. The third-order valence-electron chi connectivity index (χ3n) is 4.02. The van der Waals surface area contributed by atoms with Gasteiger partial charge in [-0.3, -0.25) is 9.52 Å². The number of rotatable bonds is 7. The van der Waals surface area contributed by atoms with Gasteiger partial charge in [-0.15, -0.1) is 0 Å². The third kappa shape index (κ3) is 4.45. The van der Waals surface area contributed by atoms with Crippen LogP contribution in [0.4, 0.5) is 11.4 Å². The minimum atomic E-state index is -3.37. The smallest absolute Gasteiger partial charge is 0.231 e. The van der Waals surface area contributed by atoms with Crippen LogP contribution in [0.15, 0.2) is 18.2 Å². The highest BCUT2D eigenvalue weighted by Crippen LogP contribution is 2.28. The van der Waals surface area contributed by atoms with Crippen LogP contribution >= 0.6 is 0 Å². The van der Waals surface area contributed by atoms with Crippen LogP contribution in [0.1, 0.15) is 32.3 Å². The van der Waals surface area contributed by atoms with E-state index in [0.717, 1.165) is 11.8 Å². The summed E-state index contributed by atoms with van der Waals surface area (Å²) in [6.45, 7) is 5.93. The lowest BCUT2D eigenvalue weighted by Crippen LogP contribution is -2.41. The molecule has 1 aromatic carbocycles. The van der Waals surface area contributed by atoms with Crippen LogP contribution in [0.2, 0.25) is 0 Å². The number of anilines is 2. The van der Waals surface area contributed by atoms with Gasteiger partial charge in [-0.05, 0) is 37.5 Å². The van der Waals surface area contributed by atoms with Crippen molar-refractivity contribution in [1.29, 1.82) is 0 Å². The van der Waals surface area contributed by atoms with Crippen molar-refractivity contribution in [3.63, 3.8) is 0 Å². The van der Waals surface area contributed by atoms with E-state index in [4.69, 9.17) is 5.73 Å². The first kappa shape index (κ1) is 18.4. The Hall–Kier alpha value is -1.60. The molecule has 1 rings (SSSR count). The summed E-state index contributed by atoms with van der Waals surface area (Å²) in [5.74, 6) is -0.144. The molecule has 1 aromatic rings. The Kier molecular flexibility index (Phi) is 5.96. The SMILES string of the molecule is CCC(CC)(CN)C(=O)Nc1ccc(C)c(NS(C)(=O)=O)c1. The maximum absolute atomic E-state index is 12.5. The van der Waals surface area contributed by atoms with Gasteiger partial charge in [0, 0.05) is 12.2 Å². The number of nitrogens with two attached hydrogens (primary N) is 1. The summed E-state index contributed by atoms with van der Waals surface area (Å²) in [6, 6.07) is 5.11. The van der Waals surface area contributed by atoms with Gasteiger partial charge in [0.2, 0.25) is 15.9 Å². The summed E-state index contributed by atoms with van der Waals surface area (Å²) in [5.41, 5.74) is 6.94. The number of aryl methyl sites for hydroxylation is 1. The Morgan fingerprint density at radius 3 is 2.32 bits per heavy atom. The second-order valence-corrected chi connectivity index (χ2v) is 7.30. The van der Waals surface area contributed by atoms with Crippen molar-refractivity contribution < 1.29 is 13.2 Å². The van der Waals surface area contributed by atoms with Crippen molar-refractivity contribution in [3.8, 4) is 0 Å². The largest absolute Gasteiger partial charge is 0.329 e. The van der Waals surface area contributed by atoms with E-state index in [1.54, 1.807) is 25.1 Å². The summed E-state index contributed by atoms with van der Waals surface area (Å²) in [7, 11) is -3.37. The minimum absolute atomic E-state index is 0.144. The maximum atomic E-state index is 12.5. The Labute approximate surface area is 132 Å². The van der Waals surface area contributed by atoms with Gasteiger partial charge in [-0.1, -0.05) is 19.9 Å². The van der Waals surface area contributed by atoms with Gasteiger partial charge in [-0.2, -0.15) is 0 Å². The molecule has 124 valence electrons. The maximum Gasteiger partial charge on any atom is 0.231 e. The molecule has 0 unspecified atom stereocenters. The molecule has 0 aliphatic heterocycles. The van der Waals surface area contributed by atoms with E-state index in [0.29, 0.717) is 24.2 Å². The molecule has 22 heavy (non-hydrogen) atoms. The Balaban J connectivity index is 3.04. The fourth-order valence-corrected chi connectivity index (χ4v) is 2.85. The molecule has 4 N–H and O–H groups in total. The molecule has 0 saturated carbocycles. The van der Waals surface area contributed by atoms with Crippen LogP contribution in [0.25, 0.3) is 0 Å². The zero-order valence-electron chi connectivity index (χ0n) is 13.6. The summed E-state index contributed by atoms with van der Waals surface area (Å²) >= 11 is 0. The van der Waals surface area contributed by atoms with Crippen molar-refractivity contribution in [3.05, 3.63) is 23.8 Å². The van der Waals surface area contributed by atoms with Gasteiger partial charge in [-0.25, -0.2) is 8.42 Å². The molecule has 0 aliphatic carbocycles. The number of carbonyl (C=O) groups excluding carboxylic acids is 1. The predicted octanol–water partition coefficient (Wildman–Crippen LogP) is 2.07. The van der Waals surface area contributed by atoms with Crippen molar-refractivity contribution in [2.75, 3.05) is 22.8 Å². The average Bonchev–Trinajstić information content (AvgIpc) is 2.43. The molecule has 0 aliphatic rings. The van der Waals surface area contributed by atoms with Gasteiger partial charge in [0.1, 0.15) is 0 Å². The van der Waals surface area contributed by atoms with Gasteiger partial charge in [0.15, 0.2) is 0 Å². The number of amides is 1. The number of carbonyl (C=O) groups is 1. The summed E-state index contributed by atoms with van der Waals surface area (Å²) in [6.07, 6.45) is 2.38. The average molecular weight is 327 g/mol. The molecule has 1 amide bonds. The minimum Gasteiger partial charge on any atom is -0.329 e. The van der Waals surface area contributed by atoms with Crippen LogP contribution in [0.5, 0.6) is 0 Å². The van der Waals surface area contributed by atoms with Gasteiger partial charge in [0.05, 0.1) is 17.4 Å². The summed E-state index contributed by atoms with van der Waals surface area (Å²) < 4.78 is 25.2. The van der Waals surface area contributed by atoms with Crippen molar-refractivity contribution >= 4 is 27.3 Å².